The van der Waals surface area contributed by atoms with Gasteiger partial charge in [0.15, 0.2) is 0 Å². The van der Waals surface area contributed by atoms with E-state index in [4.69, 9.17) is 0 Å². The topological polar surface area (TPSA) is 63.1 Å². The molecule has 1 spiro atoms. The van der Waals surface area contributed by atoms with Crippen LogP contribution in [0.15, 0.2) is 36.9 Å². The summed E-state index contributed by atoms with van der Waals surface area (Å²) < 4.78 is 1.75. The summed E-state index contributed by atoms with van der Waals surface area (Å²) in [5, 5.41) is 7.88. The van der Waals surface area contributed by atoms with Gasteiger partial charge in [-0.3, -0.25) is 10.1 Å². The van der Waals surface area contributed by atoms with Crippen LogP contribution in [0.1, 0.15) is 50.3 Å². The average Bonchev–Trinajstić information content (AvgIpc) is 3.04. The van der Waals surface area contributed by atoms with E-state index in [1.807, 2.05) is 12.1 Å². The van der Waals surface area contributed by atoms with Crippen LogP contribution >= 0.6 is 0 Å². The maximum Gasteiger partial charge on any atom is 0.244 e. The Kier molecular flexibility index (Phi) is 3.41. The monoisotopic (exact) mass is 337 g/mol. The fourth-order valence-electron chi connectivity index (χ4n) is 4.31. The van der Waals surface area contributed by atoms with Crippen LogP contribution in [0.3, 0.4) is 0 Å². The van der Waals surface area contributed by atoms with E-state index in [-0.39, 0.29) is 11.7 Å². The number of nitrogens with zero attached hydrogens (tertiary/aromatic N) is 4. The van der Waals surface area contributed by atoms with Crippen molar-refractivity contribution in [1.29, 1.82) is 0 Å². The van der Waals surface area contributed by atoms with E-state index < -0.39 is 0 Å². The summed E-state index contributed by atoms with van der Waals surface area (Å²) in [7, 11) is 0. The van der Waals surface area contributed by atoms with Gasteiger partial charge >= 0.3 is 0 Å². The van der Waals surface area contributed by atoms with Gasteiger partial charge < -0.3 is 4.90 Å². The molecular formula is C19H23N5O. The van der Waals surface area contributed by atoms with Gasteiger partial charge in [0.2, 0.25) is 5.91 Å². The van der Waals surface area contributed by atoms with Crippen LogP contribution in [0.5, 0.6) is 0 Å². The first-order chi connectivity index (χ1) is 12.3. The van der Waals surface area contributed by atoms with E-state index in [1.165, 1.54) is 19.2 Å². The number of hydrogen-bond donors (Lipinski definition) is 1. The zero-order chi connectivity index (χ0) is 16.9. The zero-order valence-corrected chi connectivity index (χ0v) is 14.3. The second kappa shape index (κ2) is 5.66. The van der Waals surface area contributed by atoms with Gasteiger partial charge in [-0.25, -0.2) is 9.67 Å². The lowest BCUT2D eigenvalue weighted by Gasteiger charge is -2.24. The number of carbonyl (C=O) groups is 1. The first-order valence-corrected chi connectivity index (χ1v) is 9.29. The minimum atomic E-state index is -0.315. The van der Waals surface area contributed by atoms with Gasteiger partial charge in [-0.15, -0.1) is 0 Å². The van der Waals surface area contributed by atoms with Crippen LogP contribution in [0.2, 0.25) is 0 Å². The lowest BCUT2D eigenvalue weighted by atomic mass is 9.98. The number of carbonyl (C=O) groups excluding carboxylic acids is 1. The van der Waals surface area contributed by atoms with Crippen molar-refractivity contribution in [2.75, 3.05) is 6.54 Å². The number of benzene rings is 1. The van der Waals surface area contributed by atoms with E-state index >= 15 is 0 Å². The van der Waals surface area contributed by atoms with Crippen LogP contribution in [0.25, 0.3) is 5.69 Å². The molecule has 130 valence electrons. The molecule has 1 amide bonds. The van der Waals surface area contributed by atoms with Crippen LogP contribution < -0.4 is 5.32 Å². The fraction of sp³-hybridized carbons (Fsp3) is 0.526. The Labute approximate surface area is 147 Å². The summed E-state index contributed by atoms with van der Waals surface area (Å²) in [4.78, 5) is 19.3. The van der Waals surface area contributed by atoms with Crippen molar-refractivity contribution in [3.05, 3.63) is 42.5 Å². The third-order valence-corrected chi connectivity index (χ3v) is 5.90. The Hall–Kier alpha value is -2.21. The molecule has 2 saturated carbocycles. The van der Waals surface area contributed by atoms with Crippen molar-refractivity contribution in [3.8, 4) is 5.69 Å². The van der Waals surface area contributed by atoms with Gasteiger partial charge in [-0.05, 0) is 49.3 Å². The van der Waals surface area contributed by atoms with Gasteiger partial charge in [0.05, 0.1) is 11.2 Å². The van der Waals surface area contributed by atoms with Crippen LogP contribution in [-0.4, -0.2) is 37.7 Å². The summed E-state index contributed by atoms with van der Waals surface area (Å²) in [6.07, 6.45) is 9.98. The Morgan fingerprint density at radius 1 is 1.16 bits per heavy atom. The number of amides is 1. The third kappa shape index (κ3) is 2.56. The Morgan fingerprint density at radius 2 is 1.92 bits per heavy atom. The molecule has 0 bridgehead atoms. The summed E-state index contributed by atoms with van der Waals surface area (Å²) >= 11 is 0. The highest BCUT2D eigenvalue weighted by atomic mass is 16.2. The Bertz CT molecular complexity index is 760. The molecule has 1 aliphatic heterocycles. The average molecular weight is 337 g/mol. The minimum Gasteiger partial charge on any atom is -0.321 e. The molecule has 1 N–H and O–H groups in total. The van der Waals surface area contributed by atoms with Crippen LogP contribution in [0, 0.1) is 5.92 Å². The van der Waals surface area contributed by atoms with Crippen molar-refractivity contribution in [2.45, 2.75) is 50.2 Å². The van der Waals surface area contributed by atoms with Gasteiger partial charge in [0.1, 0.15) is 18.8 Å². The highest BCUT2D eigenvalue weighted by molar-refractivity contribution is 5.89. The molecule has 6 nitrogen and oxygen atoms in total. The number of rotatable bonds is 4. The van der Waals surface area contributed by atoms with Gasteiger partial charge in [0, 0.05) is 6.54 Å². The van der Waals surface area contributed by atoms with E-state index in [9.17, 15) is 4.79 Å². The normalized spacial score (nSPS) is 25.2. The molecule has 3 fully saturated rings. The first kappa shape index (κ1) is 15.1. The molecule has 1 aromatic carbocycles. The van der Waals surface area contributed by atoms with Gasteiger partial charge in [-0.1, -0.05) is 25.0 Å². The molecule has 2 heterocycles. The molecule has 6 heteroatoms. The fourth-order valence-corrected chi connectivity index (χ4v) is 4.31. The molecule has 25 heavy (non-hydrogen) atoms. The molecule has 1 atom stereocenters. The van der Waals surface area contributed by atoms with Crippen molar-refractivity contribution in [3.63, 3.8) is 0 Å². The molecular weight excluding hydrogens is 314 g/mol. The van der Waals surface area contributed by atoms with E-state index in [0.29, 0.717) is 11.8 Å². The van der Waals surface area contributed by atoms with E-state index in [2.05, 4.69) is 32.4 Å². The predicted octanol–water partition coefficient (Wildman–Crippen LogP) is 2.42. The molecule has 1 saturated heterocycles. The highest BCUT2D eigenvalue weighted by Crippen LogP contribution is 2.43. The smallest absolute Gasteiger partial charge is 0.244 e. The molecule has 5 rings (SSSR count). The van der Waals surface area contributed by atoms with Crippen molar-refractivity contribution < 1.29 is 4.79 Å². The summed E-state index contributed by atoms with van der Waals surface area (Å²) in [6.45, 7) is 0.892. The molecule has 3 aliphatic rings. The van der Waals surface area contributed by atoms with Crippen molar-refractivity contribution in [2.24, 2.45) is 5.92 Å². The Morgan fingerprint density at radius 3 is 2.56 bits per heavy atom. The molecule has 1 unspecified atom stereocenters. The number of nitrogens with one attached hydrogen (secondary N) is 1. The zero-order valence-electron chi connectivity index (χ0n) is 14.3. The minimum absolute atomic E-state index is 0.00371. The van der Waals surface area contributed by atoms with Gasteiger partial charge in [0.25, 0.3) is 0 Å². The summed E-state index contributed by atoms with van der Waals surface area (Å²) in [5.41, 5.74) is 1.82. The maximum absolute atomic E-state index is 13.2. The lowest BCUT2D eigenvalue weighted by molar-refractivity contribution is -0.133. The largest absolute Gasteiger partial charge is 0.321 e. The van der Waals surface area contributed by atoms with E-state index in [0.717, 1.165) is 43.5 Å². The van der Waals surface area contributed by atoms with Crippen LogP contribution in [-0.2, 0) is 4.79 Å². The van der Waals surface area contributed by atoms with Crippen molar-refractivity contribution >= 4 is 5.91 Å². The molecule has 1 aromatic heterocycles. The second-order valence-electron chi connectivity index (χ2n) is 7.67. The van der Waals surface area contributed by atoms with Crippen molar-refractivity contribution in [1.82, 2.24) is 25.0 Å². The second-order valence-corrected chi connectivity index (χ2v) is 7.67. The highest BCUT2D eigenvalue weighted by Gasteiger charge is 2.53. The first-order valence-electron chi connectivity index (χ1n) is 9.29. The third-order valence-electron chi connectivity index (χ3n) is 5.90. The van der Waals surface area contributed by atoms with E-state index in [1.54, 1.807) is 11.0 Å². The summed E-state index contributed by atoms with van der Waals surface area (Å²) in [5.74, 6) is 1.02. The molecule has 2 aromatic rings. The van der Waals surface area contributed by atoms with Gasteiger partial charge in [-0.2, -0.15) is 5.10 Å². The lowest BCUT2D eigenvalue weighted by Crippen LogP contribution is -2.44. The number of aromatic nitrogens is 3. The summed E-state index contributed by atoms with van der Waals surface area (Å²) in [6, 6.07) is 8.31. The molecule has 2 aliphatic carbocycles. The molecule has 0 radical (unpaired) electrons. The quantitative estimate of drug-likeness (QED) is 0.931. The predicted molar refractivity (Wildman–Crippen MR) is 92.9 cm³/mol. The standard InChI is InChI=1S/C19H23N5O/c25-18-19(9-1-2-10-19)22-17(23(18)11-14-3-4-14)15-5-7-16(8-6-15)24-13-20-12-21-24/h5-8,12-14,17,22H,1-4,9-11H2. The SMILES string of the molecule is O=C1N(CC2CC2)C(c2ccc(-n3cncn3)cc2)NC12CCCC2. The number of hydrogen-bond acceptors (Lipinski definition) is 4. The van der Waals surface area contributed by atoms with Crippen LogP contribution in [0.4, 0.5) is 0 Å². The maximum atomic E-state index is 13.2. The Balaban J connectivity index is 1.45.